The molecule has 110 valence electrons. The summed E-state index contributed by atoms with van der Waals surface area (Å²) >= 11 is 0. The van der Waals surface area contributed by atoms with Crippen LogP contribution in [0, 0.1) is 6.92 Å². The van der Waals surface area contributed by atoms with Crippen LogP contribution in [0.15, 0.2) is 23.1 Å². The van der Waals surface area contributed by atoms with Crippen LogP contribution in [-0.4, -0.2) is 33.5 Å². The van der Waals surface area contributed by atoms with Crippen LogP contribution in [0.4, 0.5) is 5.69 Å². The molecule has 1 aliphatic rings. The Balaban J connectivity index is 2.27. The second-order valence-electron chi connectivity index (χ2n) is 4.97. The molecule has 0 unspecified atom stereocenters. The van der Waals surface area contributed by atoms with E-state index in [0.717, 1.165) is 13.0 Å². The van der Waals surface area contributed by atoms with Crippen LogP contribution in [-0.2, 0) is 14.8 Å². The predicted molar refractivity (Wildman–Crippen MR) is 77.1 cm³/mol. The van der Waals surface area contributed by atoms with E-state index in [1.54, 1.807) is 19.1 Å². The summed E-state index contributed by atoms with van der Waals surface area (Å²) in [6, 6.07) is 4.78. The van der Waals surface area contributed by atoms with Crippen LogP contribution in [0.5, 0.6) is 0 Å². The number of hydrogen-bond donors (Lipinski definition) is 3. The van der Waals surface area contributed by atoms with Gasteiger partial charge in [-0.15, -0.1) is 0 Å². The number of hydrogen-bond acceptors (Lipinski definition) is 4. The van der Waals surface area contributed by atoms with Gasteiger partial charge in [0.2, 0.25) is 15.9 Å². The number of rotatable bonds is 4. The van der Waals surface area contributed by atoms with Gasteiger partial charge in [-0.3, -0.25) is 4.79 Å². The smallest absolute Gasteiger partial charge is 0.241 e. The van der Waals surface area contributed by atoms with Crippen molar-refractivity contribution in [2.24, 2.45) is 0 Å². The molecular weight excluding hydrogens is 278 g/mol. The van der Waals surface area contributed by atoms with Crippen molar-refractivity contribution >= 4 is 21.6 Å². The van der Waals surface area contributed by atoms with E-state index in [2.05, 4.69) is 15.4 Å². The van der Waals surface area contributed by atoms with Crippen LogP contribution < -0.4 is 15.4 Å². The fourth-order valence-corrected chi connectivity index (χ4v) is 3.75. The Morgan fingerprint density at radius 1 is 1.40 bits per heavy atom. The molecule has 20 heavy (non-hydrogen) atoms. The lowest BCUT2D eigenvalue weighted by atomic mass is 10.2. The summed E-state index contributed by atoms with van der Waals surface area (Å²) in [6.45, 7) is 4.58. The van der Waals surface area contributed by atoms with Crippen molar-refractivity contribution in [3.8, 4) is 0 Å². The minimum absolute atomic E-state index is 0.0798. The highest BCUT2D eigenvalue weighted by molar-refractivity contribution is 7.89. The van der Waals surface area contributed by atoms with Gasteiger partial charge in [-0.1, -0.05) is 6.07 Å². The fraction of sp³-hybridized carbons (Fsp3) is 0.462. The lowest BCUT2D eigenvalue weighted by molar-refractivity contribution is -0.114. The third-order valence-corrected chi connectivity index (χ3v) is 4.84. The number of amides is 1. The molecule has 1 heterocycles. The largest absolute Gasteiger partial charge is 0.326 e. The van der Waals surface area contributed by atoms with Gasteiger partial charge < -0.3 is 10.6 Å². The molecule has 7 heteroatoms. The number of nitrogens with one attached hydrogen (secondary N) is 3. The van der Waals surface area contributed by atoms with Gasteiger partial charge in [0, 0.05) is 25.2 Å². The van der Waals surface area contributed by atoms with E-state index >= 15 is 0 Å². The molecule has 0 bridgehead atoms. The first-order chi connectivity index (χ1) is 9.38. The molecule has 2 rings (SSSR count). The fourth-order valence-electron chi connectivity index (χ4n) is 2.21. The molecule has 1 fully saturated rings. The molecule has 0 saturated carbocycles. The lowest BCUT2D eigenvalue weighted by Crippen LogP contribution is -2.36. The second kappa shape index (κ2) is 5.90. The Hall–Kier alpha value is -1.44. The molecule has 1 aromatic carbocycles. The van der Waals surface area contributed by atoms with E-state index < -0.39 is 10.0 Å². The molecule has 6 nitrogen and oxygen atoms in total. The molecule has 0 radical (unpaired) electrons. The molecule has 1 saturated heterocycles. The Morgan fingerprint density at radius 2 is 2.15 bits per heavy atom. The Bertz CT molecular complexity index is 607. The summed E-state index contributed by atoms with van der Waals surface area (Å²) in [5.41, 5.74) is 1.13. The number of sulfonamides is 1. The maximum atomic E-state index is 12.4. The van der Waals surface area contributed by atoms with Gasteiger partial charge in [0.15, 0.2) is 0 Å². The zero-order chi connectivity index (χ0) is 14.8. The Kier molecular flexibility index (Phi) is 4.42. The number of aryl methyl sites for hydroxylation is 1. The van der Waals surface area contributed by atoms with Gasteiger partial charge in [0.1, 0.15) is 0 Å². The van der Waals surface area contributed by atoms with Crippen molar-refractivity contribution < 1.29 is 13.2 Å². The van der Waals surface area contributed by atoms with E-state index in [-0.39, 0.29) is 16.8 Å². The summed E-state index contributed by atoms with van der Waals surface area (Å²) in [4.78, 5) is 11.3. The van der Waals surface area contributed by atoms with Gasteiger partial charge in [-0.05, 0) is 37.6 Å². The SMILES string of the molecule is CC(=O)Nc1ccc(C)c(S(=O)(=O)N[C@H]2CCNC2)c1. The lowest BCUT2D eigenvalue weighted by Gasteiger charge is -2.14. The second-order valence-corrected chi connectivity index (χ2v) is 6.65. The van der Waals surface area contributed by atoms with Gasteiger partial charge >= 0.3 is 0 Å². The molecule has 1 atom stereocenters. The number of anilines is 1. The highest BCUT2D eigenvalue weighted by Gasteiger charge is 2.24. The monoisotopic (exact) mass is 297 g/mol. The Labute approximate surface area is 119 Å². The maximum Gasteiger partial charge on any atom is 0.241 e. The first-order valence-electron chi connectivity index (χ1n) is 6.50. The van der Waals surface area contributed by atoms with Crippen molar-refractivity contribution in [1.82, 2.24) is 10.0 Å². The molecule has 0 spiro atoms. The van der Waals surface area contributed by atoms with Gasteiger partial charge in [-0.25, -0.2) is 13.1 Å². The molecular formula is C13H19N3O3S. The minimum Gasteiger partial charge on any atom is -0.326 e. The third-order valence-electron chi connectivity index (χ3n) is 3.18. The Morgan fingerprint density at radius 3 is 2.75 bits per heavy atom. The molecule has 0 aromatic heterocycles. The normalized spacial score (nSPS) is 19.0. The summed E-state index contributed by atoms with van der Waals surface area (Å²) in [5.74, 6) is -0.231. The van der Waals surface area contributed by atoms with Crippen LogP contribution in [0.25, 0.3) is 0 Å². The quantitative estimate of drug-likeness (QED) is 0.759. The number of benzene rings is 1. The van der Waals surface area contributed by atoms with Crippen molar-refractivity contribution in [3.05, 3.63) is 23.8 Å². The average molecular weight is 297 g/mol. The average Bonchev–Trinajstić information content (AvgIpc) is 2.82. The van der Waals surface area contributed by atoms with Crippen molar-refractivity contribution in [1.29, 1.82) is 0 Å². The highest BCUT2D eigenvalue weighted by atomic mass is 32.2. The molecule has 3 N–H and O–H groups in total. The van der Waals surface area contributed by atoms with Gasteiger partial charge in [-0.2, -0.15) is 0 Å². The van der Waals surface area contributed by atoms with E-state index in [0.29, 0.717) is 17.8 Å². The van der Waals surface area contributed by atoms with Gasteiger partial charge in [0.25, 0.3) is 0 Å². The van der Waals surface area contributed by atoms with Crippen molar-refractivity contribution in [3.63, 3.8) is 0 Å². The molecule has 1 amide bonds. The van der Waals surface area contributed by atoms with Crippen LogP contribution in [0.2, 0.25) is 0 Å². The molecule has 1 aliphatic heterocycles. The minimum atomic E-state index is -3.57. The summed E-state index contributed by atoms with van der Waals surface area (Å²) in [5, 5.41) is 5.71. The van der Waals surface area contributed by atoms with E-state index in [9.17, 15) is 13.2 Å². The van der Waals surface area contributed by atoms with Crippen LogP contribution >= 0.6 is 0 Å². The van der Waals surface area contributed by atoms with E-state index in [1.165, 1.54) is 13.0 Å². The maximum absolute atomic E-state index is 12.4. The summed E-state index contributed by atoms with van der Waals surface area (Å²) < 4.78 is 27.5. The summed E-state index contributed by atoms with van der Waals surface area (Å²) in [6.07, 6.45) is 0.781. The summed E-state index contributed by atoms with van der Waals surface area (Å²) in [7, 11) is -3.57. The van der Waals surface area contributed by atoms with Crippen molar-refractivity contribution in [2.45, 2.75) is 31.2 Å². The van der Waals surface area contributed by atoms with Crippen LogP contribution in [0.1, 0.15) is 18.9 Å². The van der Waals surface area contributed by atoms with Crippen molar-refractivity contribution in [2.75, 3.05) is 18.4 Å². The molecule has 0 aliphatic carbocycles. The molecule has 1 aromatic rings. The third kappa shape index (κ3) is 3.56. The van der Waals surface area contributed by atoms with E-state index in [1.807, 2.05) is 0 Å². The zero-order valence-electron chi connectivity index (χ0n) is 11.6. The number of carbonyl (C=O) groups is 1. The first-order valence-corrected chi connectivity index (χ1v) is 7.98. The predicted octanol–water partition coefficient (Wildman–Crippen LogP) is 0.594. The number of carbonyl (C=O) groups excluding carboxylic acids is 1. The topological polar surface area (TPSA) is 87.3 Å². The van der Waals surface area contributed by atoms with E-state index in [4.69, 9.17) is 0 Å². The standard InChI is InChI=1S/C13H19N3O3S/c1-9-3-4-11(15-10(2)17)7-13(9)20(18,19)16-12-5-6-14-8-12/h3-4,7,12,14,16H,5-6,8H2,1-2H3,(H,15,17)/t12-/m0/s1. The van der Waals surface area contributed by atoms with Crippen LogP contribution in [0.3, 0.4) is 0 Å². The zero-order valence-corrected chi connectivity index (χ0v) is 12.4. The van der Waals surface area contributed by atoms with Gasteiger partial charge in [0.05, 0.1) is 4.90 Å². The highest BCUT2D eigenvalue weighted by Crippen LogP contribution is 2.21. The first kappa shape index (κ1) is 15.0.